The summed E-state index contributed by atoms with van der Waals surface area (Å²) in [5, 5.41) is 0. The van der Waals surface area contributed by atoms with Gasteiger partial charge in [-0.3, -0.25) is 4.99 Å². The molecule has 0 aromatic carbocycles. The fraction of sp³-hybridized carbons (Fsp3) is 0.500. The van der Waals surface area contributed by atoms with E-state index in [1.807, 2.05) is 36.7 Å². The zero-order valence-electron chi connectivity index (χ0n) is 7.94. The third kappa shape index (κ3) is 1.64. The Hall–Kier alpha value is -1.32. The van der Waals surface area contributed by atoms with E-state index in [1.54, 1.807) is 13.4 Å². The molecular formula is C8H14N4. The molecule has 66 valence electrons. The van der Waals surface area contributed by atoms with Crippen LogP contribution in [0.25, 0.3) is 0 Å². The number of hydrogen-bond donors (Lipinski definition) is 0. The van der Waals surface area contributed by atoms with Crippen LogP contribution in [0.1, 0.15) is 0 Å². The molecule has 4 nitrogen and oxygen atoms in total. The molecule has 1 aromatic heterocycles. The maximum absolute atomic E-state index is 4.22. The van der Waals surface area contributed by atoms with Gasteiger partial charge in [0.15, 0.2) is 0 Å². The highest BCUT2D eigenvalue weighted by Crippen LogP contribution is 1.99. The van der Waals surface area contributed by atoms with Crippen molar-refractivity contribution < 1.29 is 0 Å². The van der Waals surface area contributed by atoms with E-state index < -0.39 is 0 Å². The maximum atomic E-state index is 4.22. The van der Waals surface area contributed by atoms with E-state index in [-0.39, 0.29) is 0 Å². The van der Waals surface area contributed by atoms with Gasteiger partial charge >= 0.3 is 0 Å². The predicted octanol–water partition coefficient (Wildman–Crippen LogP) is 0.0166. The van der Waals surface area contributed by atoms with Gasteiger partial charge in [0.25, 0.3) is 0 Å². The number of anilines is 1. The molecule has 0 saturated carbocycles. The fourth-order valence-electron chi connectivity index (χ4n) is 0.926. The molecule has 0 unspecified atom stereocenters. The van der Waals surface area contributed by atoms with Crippen LogP contribution in [0.2, 0.25) is 0 Å². The molecule has 0 amide bonds. The molecule has 0 radical (unpaired) electrons. The Morgan fingerprint density at radius 2 is 2.17 bits per heavy atom. The summed E-state index contributed by atoms with van der Waals surface area (Å²) in [7, 11) is 7.62. The van der Waals surface area contributed by atoms with Gasteiger partial charge in [-0.2, -0.15) is 0 Å². The number of hydrogen-bond acceptors (Lipinski definition) is 3. The molecule has 0 N–H and O–H groups in total. The predicted molar refractivity (Wildman–Crippen MR) is 49.0 cm³/mol. The topological polar surface area (TPSA) is 33.4 Å². The summed E-state index contributed by atoms with van der Waals surface area (Å²) < 4.78 is 1.88. The van der Waals surface area contributed by atoms with Gasteiger partial charge in [0, 0.05) is 34.3 Å². The number of rotatable bonds is 1. The van der Waals surface area contributed by atoms with Gasteiger partial charge < -0.3 is 9.47 Å². The summed E-state index contributed by atoms with van der Waals surface area (Å²) in [6.07, 6.45) is 1.76. The van der Waals surface area contributed by atoms with Crippen molar-refractivity contribution in [2.24, 2.45) is 12.0 Å². The lowest BCUT2D eigenvalue weighted by Crippen LogP contribution is -2.21. The molecule has 0 bridgehead atoms. The average molecular weight is 166 g/mol. The molecule has 0 aliphatic carbocycles. The number of aryl methyl sites for hydroxylation is 1. The van der Waals surface area contributed by atoms with Gasteiger partial charge in [0.1, 0.15) is 11.3 Å². The lowest BCUT2D eigenvalue weighted by atomic mass is 10.5. The van der Waals surface area contributed by atoms with Crippen molar-refractivity contribution in [2.75, 3.05) is 26.0 Å². The fourth-order valence-corrected chi connectivity index (χ4v) is 0.926. The van der Waals surface area contributed by atoms with Gasteiger partial charge in [-0.1, -0.05) is 0 Å². The summed E-state index contributed by atoms with van der Waals surface area (Å²) in [5.74, 6) is 0.925. The van der Waals surface area contributed by atoms with Crippen LogP contribution in [0.15, 0.2) is 17.4 Å². The zero-order valence-corrected chi connectivity index (χ0v) is 7.94. The average Bonchev–Trinajstić information content (AvgIpc) is 2.05. The van der Waals surface area contributed by atoms with Crippen LogP contribution in [0.5, 0.6) is 0 Å². The smallest absolute Gasteiger partial charge is 0.133 e. The lowest BCUT2D eigenvalue weighted by Gasteiger charge is -2.11. The molecule has 0 saturated heterocycles. The van der Waals surface area contributed by atoms with Crippen molar-refractivity contribution in [3.8, 4) is 0 Å². The van der Waals surface area contributed by atoms with Crippen molar-refractivity contribution in [2.45, 2.75) is 0 Å². The standard InChI is InChI=1S/C8H14N4/c1-9-7-5-8(11(2)3)10-6-12(7)4/h5-6H,1-4H3. The van der Waals surface area contributed by atoms with E-state index in [0.29, 0.717) is 0 Å². The van der Waals surface area contributed by atoms with E-state index in [1.165, 1.54) is 0 Å². The van der Waals surface area contributed by atoms with Crippen LogP contribution in [-0.2, 0) is 7.05 Å². The summed E-state index contributed by atoms with van der Waals surface area (Å²) >= 11 is 0. The SMILES string of the molecule is CN=c1cc(N(C)C)ncn1C. The Kier molecular flexibility index (Phi) is 2.47. The third-order valence-electron chi connectivity index (χ3n) is 1.67. The van der Waals surface area contributed by atoms with Crippen LogP contribution in [-0.4, -0.2) is 30.7 Å². The molecule has 0 atom stereocenters. The van der Waals surface area contributed by atoms with E-state index in [9.17, 15) is 0 Å². The number of aromatic nitrogens is 2. The Balaban J connectivity index is 3.24. The summed E-state index contributed by atoms with van der Waals surface area (Å²) in [5.41, 5.74) is 0.925. The second kappa shape index (κ2) is 3.38. The summed E-state index contributed by atoms with van der Waals surface area (Å²) in [6, 6.07) is 1.94. The highest BCUT2D eigenvalue weighted by molar-refractivity contribution is 5.33. The molecule has 0 spiro atoms. The van der Waals surface area contributed by atoms with Gasteiger partial charge in [-0.25, -0.2) is 4.98 Å². The zero-order chi connectivity index (χ0) is 9.14. The van der Waals surface area contributed by atoms with Gasteiger partial charge in [0.2, 0.25) is 0 Å². The first kappa shape index (κ1) is 8.77. The first-order valence-corrected chi connectivity index (χ1v) is 3.78. The van der Waals surface area contributed by atoms with Crippen LogP contribution in [0.3, 0.4) is 0 Å². The molecule has 1 rings (SSSR count). The molecule has 0 aliphatic rings. The lowest BCUT2D eigenvalue weighted by molar-refractivity contribution is 0.791. The van der Waals surface area contributed by atoms with Gasteiger partial charge in [-0.15, -0.1) is 0 Å². The van der Waals surface area contributed by atoms with Crippen LogP contribution >= 0.6 is 0 Å². The Bertz CT molecular complexity index is 324. The van der Waals surface area contributed by atoms with Crippen molar-refractivity contribution in [1.29, 1.82) is 0 Å². The minimum Gasteiger partial charge on any atom is -0.363 e. The van der Waals surface area contributed by atoms with Crippen molar-refractivity contribution in [1.82, 2.24) is 9.55 Å². The molecule has 0 aliphatic heterocycles. The molecule has 1 heterocycles. The van der Waals surface area contributed by atoms with Gasteiger partial charge in [0.05, 0.1) is 6.33 Å². The molecular weight excluding hydrogens is 152 g/mol. The third-order valence-corrected chi connectivity index (χ3v) is 1.67. The number of nitrogens with zero attached hydrogens (tertiary/aromatic N) is 4. The van der Waals surface area contributed by atoms with Crippen LogP contribution in [0, 0.1) is 0 Å². The maximum Gasteiger partial charge on any atom is 0.133 e. The monoisotopic (exact) mass is 166 g/mol. The van der Waals surface area contributed by atoms with E-state index in [2.05, 4.69) is 9.98 Å². The van der Waals surface area contributed by atoms with Crippen LogP contribution in [0.4, 0.5) is 5.82 Å². The first-order chi connectivity index (χ1) is 5.65. The van der Waals surface area contributed by atoms with Crippen LogP contribution < -0.4 is 10.4 Å². The first-order valence-electron chi connectivity index (χ1n) is 3.78. The van der Waals surface area contributed by atoms with E-state index >= 15 is 0 Å². The Morgan fingerprint density at radius 1 is 1.50 bits per heavy atom. The highest BCUT2D eigenvalue weighted by Gasteiger charge is 1.95. The Morgan fingerprint density at radius 3 is 2.67 bits per heavy atom. The Labute approximate surface area is 72.2 Å². The summed E-state index contributed by atoms with van der Waals surface area (Å²) in [6.45, 7) is 0. The van der Waals surface area contributed by atoms with E-state index in [0.717, 1.165) is 11.3 Å². The van der Waals surface area contributed by atoms with Crippen molar-refractivity contribution in [3.63, 3.8) is 0 Å². The molecule has 1 aromatic rings. The van der Waals surface area contributed by atoms with Crippen molar-refractivity contribution in [3.05, 3.63) is 17.9 Å². The second-order valence-electron chi connectivity index (χ2n) is 2.83. The highest BCUT2D eigenvalue weighted by atomic mass is 15.2. The van der Waals surface area contributed by atoms with Gasteiger partial charge in [-0.05, 0) is 0 Å². The minimum absolute atomic E-state index is 0.925. The van der Waals surface area contributed by atoms with E-state index in [4.69, 9.17) is 0 Å². The second-order valence-corrected chi connectivity index (χ2v) is 2.83. The molecule has 0 fully saturated rings. The quantitative estimate of drug-likeness (QED) is 0.589. The largest absolute Gasteiger partial charge is 0.363 e. The normalized spacial score (nSPS) is 11.8. The molecule has 4 heteroatoms. The summed E-state index contributed by atoms with van der Waals surface area (Å²) in [4.78, 5) is 10.3. The minimum atomic E-state index is 0.925. The van der Waals surface area contributed by atoms with Crippen molar-refractivity contribution >= 4 is 5.82 Å². The molecule has 12 heavy (non-hydrogen) atoms.